The number of benzene rings is 1. The summed E-state index contributed by atoms with van der Waals surface area (Å²) in [6.07, 6.45) is 14.1. The Morgan fingerprint density at radius 2 is 1.52 bits per heavy atom. The van der Waals surface area contributed by atoms with Crippen molar-refractivity contribution in [2.24, 2.45) is 17.8 Å². The number of hydrogen-bond donors (Lipinski definition) is 1. The van der Waals surface area contributed by atoms with Gasteiger partial charge >= 0.3 is 0 Å². The van der Waals surface area contributed by atoms with Crippen LogP contribution in [-0.4, -0.2) is 10.7 Å². The minimum Gasteiger partial charge on any atom is -0.508 e. The zero-order valence-corrected chi connectivity index (χ0v) is 20.0. The number of phenols is 1. The summed E-state index contributed by atoms with van der Waals surface area (Å²) in [5.41, 5.74) is 2.16. The summed E-state index contributed by atoms with van der Waals surface area (Å²) in [6.45, 7) is 13.8. The highest BCUT2D eigenvalue weighted by atomic mass is 16.5. The molecule has 2 rings (SSSR count). The number of hydrogen-bond acceptors (Lipinski definition) is 2. The van der Waals surface area contributed by atoms with Crippen molar-refractivity contribution in [1.29, 1.82) is 0 Å². The van der Waals surface area contributed by atoms with E-state index in [4.69, 9.17) is 4.74 Å². The minimum atomic E-state index is -0.0562. The Morgan fingerprint density at radius 3 is 2.14 bits per heavy atom. The minimum absolute atomic E-state index is 0.0562. The lowest BCUT2D eigenvalue weighted by Crippen LogP contribution is -2.36. The number of rotatable bonds is 12. The molecular formula is C27H46O2. The van der Waals surface area contributed by atoms with Crippen molar-refractivity contribution in [2.45, 2.75) is 118 Å². The molecule has 0 fully saturated rings. The van der Waals surface area contributed by atoms with Crippen LogP contribution in [-0.2, 0) is 6.42 Å². The summed E-state index contributed by atoms with van der Waals surface area (Å²) in [5, 5.41) is 9.82. The van der Waals surface area contributed by atoms with Gasteiger partial charge < -0.3 is 9.84 Å². The molecule has 1 aliphatic rings. The normalized spacial score (nSPS) is 20.9. The number of ether oxygens (including phenoxy) is 1. The molecule has 0 aromatic heterocycles. The van der Waals surface area contributed by atoms with Crippen molar-refractivity contribution in [1.82, 2.24) is 0 Å². The van der Waals surface area contributed by atoms with E-state index in [9.17, 15) is 5.11 Å². The first-order valence-corrected chi connectivity index (χ1v) is 12.2. The van der Waals surface area contributed by atoms with E-state index in [2.05, 4.69) is 34.6 Å². The lowest BCUT2D eigenvalue weighted by atomic mass is 9.85. The Morgan fingerprint density at radius 1 is 0.931 bits per heavy atom. The second kappa shape index (κ2) is 11.3. The van der Waals surface area contributed by atoms with Crippen molar-refractivity contribution < 1.29 is 9.84 Å². The maximum absolute atomic E-state index is 9.82. The summed E-state index contributed by atoms with van der Waals surface area (Å²) >= 11 is 0. The standard InChI is InChI=1S/C27H46O2/c1-20(2)10-7-11-21(3)12-8-13-22(4)14-9-16-27(6)17-15-24-19-25(28)18-23(5)26(24)29-27/h18-22,28H,7-17H2,1-6H3/t21-,22?,27-/m0/s1. The van der Waals surface area contributed by atoms with Crippen LogP contribution in [0.4, 0.5) is 0 Å². The molecule has 3 atom stereocenters. The Balaban J connectivity index is 1.65. The van der Waals surface area contributed by atoms with E-state index in [-0.39, 0.29) is 5.60 Å². The van der Waals surface area contributed by atoms with E-state index in [1.54, 1.807) is 0 Å². The van der Waals surface area contributed by atoms with E-state index in [1.165, 1.54) is 51.4 Å². The van der Waals surface area contributed by atoms with Gasteiger partial charge in [-0.2, -0.15) is 0 Å². The molecule has 0 spiro atoms. The highest BCUT2D eigenvalue weighted by Crippen LogP contribution is 2.40. The highest BCUT2D eigenvalue weighted by molar-refractivity contribution is 5.47. The highest BCUT2D eigenvalue weighted by Gasteiger charge is 2.32. The second-order valence-corrected chi connectivity index (χ2v) is 10.7. The Bertz CT molecular complexity index is 621. The summed E-state index contributed by atoms with van der Waals surface area (Å²) in [6, 6.07) is 3.68. The molecule has 1 unspecified atom stereocenters. The van der Waals surface area contributed by atoms with Crippen molar-refractivity contribution in [3.8, 4) is 11.5 Å². The van der Waals surface area contributed by atoms with Crippen LogP contribution < -0.4 is 4.74 Å². The Labute approximate surface area is 180 Å². The second-order valence-electron chi connectivity index (χ2n) is 10.7. The van der Waals surface area contributed by atoms with Gasteiger partial charge in [0.05, 0.1) is 0 Å². The van der Waals surface area contributed by atoms with E-state index >= 15 is 0 Å². The van der Waals surface area contributed by atoms with Gasteiger partial charge in [0.1, 0.15) is 17.1 Å². The van der Waals surface area contributed by atoms with Gasteiger partial charge in [0, 0.05) is 0 Å². The molecule has 0 amide bonds. The van der Waals surface area contributed by atoms with Crippen LogP contribution in [0.1, 0.15) is 110 Å². The van der Waals surface area contributed by atoms with Gasteiger partial charge in [-0.05, 0) is 80.5 Å². The third-order valence-electron chi connectivity index (χ3n) is 6.88. The fraction of sp³-hybridized carbons (Fsp3) is 0.778. The third kappa shape index (κ3) is 8.22. The molecule has 1 aliphatic heterocycles. The molecule has 0 bridgehead atoms. The molecule has 0 saturated heterocycles. The van der Waals surface area contributed by atoms with E-state index in [0.717, 1.165) is 53.9 Å². The lowest BCUT2D eigenvalue weighted by molar-refractivity contribution is 0.0515. The number of aryl methyl sites for hydroxylation is 2. The smallest absolute Gasteiger partial charge is 0.126 e. The first kappa shape index (κ1) is 24.1. The molecule has 0 saturated carbocycles. The quantitative estimate of drug-likeness (QED) is 0.381. The van der Waals surface area contributed by atoms with E-state index in [1.807, 2.05) is 19.1 Å². The van der Waals surface area contributed by atoms with Gasteiger partial charge in [-0.3, -0.25) is 0 Å². The predicted molar refractivity (Wildman–Crippen MR) is 125 cm³/mol. The van der Waals surface area contributed by atoms with E-state index < -0.39 is 0 Å². The van der Waals surface area contributed by atoms with Crippen molar-refractivity contribution in [3.05, 3.63) is 23.3 Å². The van der Waals surface area contributed by atoms with Crippen molar-refractivity contribution in [2.75, 3.05) is 0 Å². The van der Waals surface area contributed by atoms with Gasteiger partial charge in [0.15, 0.2) is 0 Å². The first-order chi connectivity index (χ1) is 13.7. The lowest BCUT2D eigenvalue weighted by Gasteiger charge is -2.37. The fourth-order valence-electron chi connectivity index (χ4n) is 4.83. The van der Waals surface area contributed by atoms with Crippen molar-refractivity contribution in [3.63, 3.8) is 0 Å². The zero-order chi connectivity index (χ0) is 21.4. The maximum atomic E-state index is 9.82. The van der Waals surface area contributed by atoms with Crippen LogP contribution in [0.3, 0.4) is 0 Å². The first-order valence-electron chi connectivity index (χ1n) is 12.2. The number of fused-ring (bicyclic) bond motifs is 1. The predicted octanol–water partition coefficient (Wildman–Crippen LogP) is 8.22. The molecule has 166 valence electrons. The largest absolute Gasteiger partial charge is 0.508 e. The molecule has 1 N–H and O–H groups in total. The summed E-state index contributed by atoms with van der Waals surface area (Å²) in [4.78, 5) is 0. The summed E-state index contributed by atoms with van der Waals surface area (Å²) in [5.74, 6) is 3.92. The zero-order valence-electron chi connectivity index (χ0n) is 20.0. The molecule has 2 nitrogen and oxygen atoms in total. The van der Waals surface area contributed by atoms with Gasteiger partial charge in [-0.1, -0.05) is 72.6 Å². The topological polar surface area (TPSA) is 29.5 Å². The van der Waals surface area contributed by atoms with Gasteiger partial charge in [0.2, 0.25) is 0 Å². The van der Waals surface area contributed by atoms with Crippen LogP contribution in [0.2, 0.25) is 0 Å². The Hall–Kier alpha value is -1.18. The molecule has 1 aromatic carbocycles. The molecule has 1 heterocycles. The van der Waals surface area contributed by atoms with E-state index in [0.29, 0.717) is 5.75 Å². The van der Waals surface area contributed by atoms with Gasteiger partial charge in [-0.25, -0.2) is 0 Å². The molecule has 2 heteroatoms. The number of phenolic OH excluding ortho intramolecular Hbond substituents is 1. The monoisotopic (exact) mass is 402 g/mol. The molecule has 0 radical (unpaired) electrons. The maximum Gasteiger partial charge on any atom is 0.126 e. The van der Waals surface area contributed by atoms with Crippen LogP contribution in [0.25, 0.3) is 0 Å². The molecule has 0 aliphatic carbocycles. The molecular weight excluding hydrogens is 356 g/mol. The van der Waals surface area contributed by atoms with Crippen molar-refractivity contribution >= 4 is 0 Å². The average molecular weight is 403 g/mol. The third-order valence-corrected chi connectivity index (χ3v) is 6.88. The van der Waals surface area contributed by atoms with Gasteiger partial charge in [-0.15, -0.1) is 0 Å². The molecule has 29 heavy (non-hydrogen) atoms. The van der Waals surface area contributed by atoms with Crippen LogP contribution in [0.5, 0.6) is 11.5 Å². The van der Waals surface area contributed by atoms with Gasteiger partial charge in [0.25, 0.3) is 0 Å². The summed E-state index contributed by atoms with van der Waals surface area (Å²) in [7, 11) is 0. The van der Waals surface area contributed by atoms with Crippen LogP contribution >= 0.6 is 0 Å². The number of aromatic hydroxyl groups is 1. The Kier molecular flexibility index (Phi) is 9.37. The summed E-state index contributed by atoms with van der Waals surface area (Å²) < 4.78 is 6.44. The van der Waals surface area contributed by atoms with Crippen LogP contribution in [0.15, 0.2) is 12.1 Å². The molecule has 1 aromatic rings. The van der Waals surface area contributed by atoms with Crippen LogP contribution in [0, 0.1) is 24.7 Å². The average Bonchev–Trinajstić information content (AvgIpc) is 2.62. The fourth-order valence-corrected chi connectivity index (χ4v) is 4.83. The SMILES string of the molecule is Cc1cc(O)cc2c1O[C@@](C)(CCCC(C)CCC[C@@H](C)CCCC(C)C)CC2.